The van der Waals surface area contributed by atoms with E-state index in [0.717, 1.165) is 41.2 Å². The van der Waals surface area contributed by atoms with Crippen molar-refractivity contribution < 1.29 is 19.0 Å². The first-order chi connectivity index (χ1) is 20.8. The van der Waals surface area contributed by atoms with E-state index in [0.29, 0.717) is 44.6 Å². The Morgan fingerprint density at radius 1 is 0.791 bits per heavy atom. The molecule has 1 aromatic heterocycles. The van der Waals surface area contributed by atoms with Crippen molar-refractivity contribution in [3.8, 4) is 11.8 Å². The van der Waals surface area contributed by atoms with Crippen LogP contribution in [0.1, 0.15) is 37.5 Å². The van der Waals surface area contributed by atoms with Gasteiger partial charge in [0.15, 0.2) is 0 Å². The lowest BCUT2D eigenvalue weighted by Crippen LogP contribution is -2.50. The van der Waals surface area contributed by atoms with Crippen LogP contribution in [-0.4, -0.2) is 47.8 Å². The molecule has 3 aromatic carbocycles. The number of hydrogen-bond acceptors (Lipinski definition) is 7. The summed E-state index contributed by atoms with van der Waals surface area (Å²) >= 11 is 0. The highest BCUT2D eigenvalue weighted by Crippen LogP contribution is 2.26. The summed E-state index contributed by atoms with van der Waals surface area (Å²) in [6.07, 6.45) is -0.252. The molecule has 2 heterocycles. The summed E-state index contributed by atoms with van der Waals surface area (Å²) in [4.78, 5) is 21.2. The van der Waals surface area contributed by atoms with Crippen LogP contribution < -0.4 is 19.7 Å². The molecule has 0 bridgehead atoms. The number of piperazine rings is 1. The van der Waals surface area contributed by atoms with Gasteiger partial charge in [-0.05, 0) is 56.2 Å². The van der Waals surface area contributed by atoms with E-state index in [2.05, 4.69) is 28.4 Å². The molecular formula is C35H40N4O4. The Balaban J connectivity index is 1.22. The number of rotatable bonds is 10. The van der Waals surface area contributed by atoms with Gasteiger partial charge in [0.2, 0.25) is 11.8 Å². The summed E-state index contributed by atoms with van der Waals surface area (Å²) in [7, 11) is 0. The number of ether oxygens (including phenoxy) is 3. The normalized spacial score (nSPS) is 13.4. The van der Waals surface area contributed by atoms with Crippen LogP contribution in [0.25, 0.3) is 0 Å². The number of benzene rings is 3. The van der Waals surface area contributed by atoms with E-state index in [1.54, 1.807) is 4.90 Å². The number of aromatic nitrogens is 1. The maximum Gasteiger partial charge on any atom is 0.410 e. The SMILES string of the molecule is CC(C)(C)OC(=O)N1CCN(c2cccc(NCc3ccc(OCc4ccccc4)nc3OCc3ccccc3)c2)CC1. The van der Waals surface area contributed by atoms with E-state index in [1.807, 2.05) is 99.6 Å². The molecule has 0 atom stereocenters. The van der Waals surface area contributed by atoms with Crippen molar-refractivity contribution in [3.05, 3.63) is 114 Å². The number of nitrogens with one attached hydrogen (secondary N) is 1. The van der Waals surface area contributed by atoms with Crippen LogP contribution in [0.5, 0.6) is 11.8 Å². The van der Waals surface area contributed by atoms with Crippen LogP contribution in [0.15, 0.2) is 97.1 Å². The first-order valence-electron chi connectivity index (χ1n) is 14.7. The highest BCUT2D eigenvalue weighted by molar-refractivity contribution is 5.69. The third kappa shape index (κ3) is 8.88. The average molecular weight is 581 g/mol. The second-order valence-corrected chi connectivity index (χ2v) is 11.5. The van der Waals surface area contributed by atoms with Crippen LogP contribution in [0.4, 0.5) is 16.2 Å². The molecule has 0 unspecified atom stereocenters. The fourth-order valence-corrected chi connectivity index (χ4v) is 4.73. The minimum Gasteiger partial charge on any atom is -0.473 e. The fraction of sp³-hybridized carbons (Fsp3) is 0.314. The number of carbonyl (C=O) groups is 1. The number of carbonyl (C=O) groups excluding carboxylic acids is 1. The molecule has 0 spiro atoms. The molecule has 5 rings (SSSR count). The number of hydrogen-bond donors (Lipinski definition) is 1. The monoisotopic (exact) mass is 580 g/mol. The zero-order valence-corrected chi connectivity index (χ0v) is 25.2. The number of pyridine rings is 1. The van der Waals surface area contributed by atoms with E-state index < -0.39 is 5.60 Å². The zero-order chi connectivity index (χ0) is 30.1. The molecule has 1 N–H and O–H groups in total. The van der Waals surface area contributed by atoms with Gasteiger partial charge in [0.25, 0.3) is 0 Å². The largest absolute Gasteiger partial charge is 0.473 e. The van der Waals surface area contributed by atoms with Crippen molar-refractivity contribution in [2.24, 2.45) is 0 Å². The third-order valence-electron chi connectivity index (χ3n) is 6.99. The molecule has 0 radical (unpaired) electrons. The minimum atomic E-state index is -0.494. The molecule has 1 fully saturated rings. The van der Waals surface area contributed by atoms with Gasteiger partial charge in [0.1, 0.15) is 18.8 Å². The summed E-state index contributed by atoms with van der Waals surface area (Å²) in [5.74, 6) is 1.06. The van der Waals surface area contributed by atoms with Gasteiger partial charge in [-0.15, -0.1) is 0 Å². The van der Waals surface area contributed by atoms with Crippen molar-refractivity contribution >= 4 is 17.5 Å². The highest BCUT2D eigenvalue weighted by atomic mass is 16.6. The Hall–Kier alpha value is -4.72. The van der Waals surface area contributed by atoms with Crippen LogP contribution in [0.3, 0.4) is 0 Å². The van der Waals surface area contributed by atoms with Gasteiger partial charge in [-0.2, -0.15) is 4.98 Å². The van der Waals surface area contributed by atoms with Crippen LogP contribution in [0, 0.1) is 0 Å². The molecule has 1 aliphatic heterocycles. The molecule has 1 amide bonds. The molecule has 1 saturated heterocycles. The molecule has 8 nitrogen and oxygen atoms in total. The van der Waals surface area contributed by atoms with E-state index in [1.165, 1.54) is 0 Å². The Labute approximate surface area is 254 Å². The summed E-state index contributed by atoms with van der Waals surface area (Å²) in [5.41, 5.74) is 4.68. The van der Waals surface area contributed by atoms with Crippen LogP contribution >= 0.6 is 0 Å². The zero-order valence-electron chi connectivity index (χ0n) is 25.2. The van der Waals surface area contributed by atoms with Crippen molar-refractivity contribution in [3.63, 3.8) is 0 Å². The predicted molar refractivity (Wildman–Crippen MR) is 170 cm³/mol. The van der Waals surface area contributed by atoms with Gasteiger partial charge in [-0.1, -0.05) is 66.7 Å². The summed E-state index contributed by atoms with van der Waals surface area (Å²) < 4.78 is 17.7. The molecule has 4 aromatic rings. The van der Waals surface area contributed by atoms with E-state index in [9.17, 15) is 4.79 Å². The lowest BCUT2D eigenvalue weighted by molar-refractivity contribution is 0.0240. The highest BCUT2D eigenvalue weighted by Gasteiger charge is 2.26. The average Bonchev–Trinajstić information content (AvgIpc) is 3.02. The van der Waals surface area contributed by atoms with Gasteiger partial charge in [-0.3, -0.25) is 0 Å². The Bertz CT molecular complexity index is 1470. The van der Waals surface area contributed by atoms with Crippen LogP contribution in [0.2, 0.25) is 0 Å². The first-order valence-corrected chi connectivity index (χ1v) is 14.7. The van der Waals surface area contributed by atoms with Crippen molar-refractivity contribution in [1.82, 2.24) is 9.88 Å². The van der Waals surface area contributed by atoms with Gasteiger partial charge in [0, 0.05) is 55.7 Å². The van der Waals surface area contributed by atoms with Gasteiger partial charge in [0.05, 0.1) is 0 Å². The molecular weight excluding hydrogens is 540 g/mol. The van der Waals surface area contributed by atoms with Crippen LogP contribution in [-0.2, 0) is 24.5 Å². The molecule has 0 saturated carbocycles. The number of amides is 1. The molecule has 1 aliphatic rings. The molecule has 8 heteroatoms. The van der Waals surface area contributed by atoms with Gasteiger partial charge >= 0.3 is 6.09 Å². The van der Waals surface area contributed by atoms with E-state index in [-0.39, 0.29) is 6.09 Å². The van der Waals surface area contributed by atoms with Crippen molar-refractivity contribution in [2.45, 2.75) is 46.1 Å². The number of nitrogens with zero attached hydrogens (tertiary/aromatic N) is 3. The second-order valence-electron chi connectivity index (χ2n) is 11.5. The van der Waals surface area contributed by atoms with E-state index in [4.69, 9.17) is 19.2 Å². The smallest absolute Gasteiger partial charge is 0.410 e. The quantitative estimate of drug-likeness (QED) is 0.218. The predicted octanol–water partition coefficient (Wildman–Crippen LogP) is 6.91. The Morgan fingerprint density at radius 2 is 1.44 bits per heavy atom. The lowest BCUT2D eigenvalue weighted by atomic mass is 10.2. The molecule has 0 aliphatic carbocycles. The Morgan fingerprint density at radius 3 is 2.09 bits per heavy atom. The van der Waals surface area contributed by atoms with E-state index >= 15 is 0 Å². The maximum atomic E-state index is 12.5. The topological polar surface area (TPSA) is 76.2 Å². The number of anilines is 2. The molecule has 43 heavy (non-hydrogen) atoms. The molecule has 224 valence electrons. The minimum absolute atomic E-state index is 0.252. The van der Waals surface area contributed by atoms with Gasteiger partial charge < -0.3 is 29.3 Å². The lowest BCUT2D eigenvalue weighted by Gasteiger charge is -2.36. The summed E-state index contributed by atoms with van der Waals surface area (Å²) in [6, 6.07) is 32.3. The van der Waals surface area contributed by atoms with Crippen molar-refractivity contribution in [2.75, 3.05) is 36.4 Å². The fourth-order valence-electron chi connectivity index (χ4n) is 4.73. The van der Waals surface area contributed by atoms with Crippen molar-refractivity contribution in [1.29, 1.82) is 0 Å². The standard InChI is InChI=1S/C35H40N4O4/c1-35(2,3)43-34(40)39-21-19-38(20-22-39)31-16-10-15-30(23-31)36-24-29-17-18-32(41-25-27-11-6-4-7-12-27)37-33(29)42-26-28-13-8-5-9-14-28/h4-18,23,36H,19-22,24-26H2,1-3H3. The van der Waals surface area contributed by atoms with Gasteiger partial charge in [-0.25, -0.2) is 4.79 Å². The summed E-state index contributed by atoms with van der Waals surface area (Å²) in [6.45, 7) is 9.79. The second kappa shape index (κ2) is 14.0. The maximum absolute atomic E-state index is 12.5. The first kappa shape index (κ1) is 29.8. The third-order valence-corrected chi connectivity index (χ3v) is 6.99. The Kier molecular flexibility index (Phi) is 9.66. The summed E-state index contributed by atoms with van der Waals surface area (Å²) in [5, 5.41) is 3.54.